The van der Waals surface area contributed by atoms with E-state index in [2.05, 4.69) is 16.1 Å². The van der Waals surface area contributed by atoms with Crippen LogP contribution in [0, 0.1) is 30.0 Å². The highest BCUT2D eigenvalue weighted by molar-refractivity contribution is 7.89. The maximum Gasteiger partial charge on any atom is 0.276 e. The molecule has 2 atom stereocenters. The van der Waals surface area contributed by atoms with Crippen molar-refractivity contribution in [2.45, 2.75) is 17.9 Å². The monoisotopic (exact) mass is 447 g/mol. The number of hydrogen-bond acceptors (Lipinski definition) is 6. The molecule has 11 heteroatoms. The number of aromatic nitrogens is 1. The van der Waals surface area contributed by atoms with E-state index in [1.807, 2.05) is 4.90 Å². The van der Waals surface area contributed by atoms with Gasteiger partial charge < -0.3 is 14.6 Å². The lowest BCUT2D eigenvalue weighted by atomic mass is 10.1. The third kappa shape index (κ3) is 4.01. The number of sulfonamides is 1. The Bertz CT molecular complexity index is 1190. The second-order valence-electron chi connectivity index (χ2n) is 7.85. The molecule has 2 unspecified atom stereocenters. The van der Waals surface area contributed by atoms with Crippen LogP contribution in [0.25, 0.3) is 0 Å². The molecule has 2 aliphatic heterocycles. The topological polar surface area (TPSA) is 116 Å². The summed E-state index contributed by atoms with van der Waals surface area (Å²) in [7, 11) is -2.39. The third-order valence-corrected chi connectivity index (χ3v) is 7.06. The Morgan fingerprint density at radius 1 is 1.42 bits per heavy atom. The second kappa shape index (κ2) is 7.96. The average Bonchev–Trinajstić information content (AvgIpc) is 3.22. The van der Waals surface area contributed by atoms with Gasteiger partial charge in [-0.15, -0.1) is 0 Å². The standard InChI is InChI=1S/C20H22FN5O4S/c1-12-7-14(3-4-15(12)21)23-20(27)18-19-17(10-25(18)2)31(28,29)24-16-9-26(6-5-22)8-13(16)11-30-19/h3-4,7,10,13,16,24H,6,8-9,11H2,1-2H3,(H,23,27). The molecule has 0 bridgehead atoms. The highest BCUT2D eigenvalue weighted by Crippen LogP contribution is 2.34. The van der Waals surface area contributed by atoms with Crippen LogP contribution in [0.3, 0.4) is 0 Å². The summed E-state index contributed by atoms with van der Waals surface area (Å²) in [5, 5.41) is 11.6. The van der Waals surface area contributed by atoms with E-state index in [-0.39, 0.29) is 47.3 Å². The number of likely N-dealkylation sites (tertiary alicyclic amines) is 1. The van der Waals surface area contributed by atoms with Gasteiger partial charge in [0.25, 0.3) is 5.91 Å². The molecule has 1 amide bonds. The van der Waals surface area contributed by atoms with Crippen molar-refractivity contribution in [1.29, 1.82) is 5.26 Å². The summed E-state index contributed by atoms with van der Waals surface area (Å²) >= 11 is 0. The van der Waals surface area contributed by atoms with Gasteiger partial charge in [-0.05, 0) is 30.7 Å². The second-order valence-corrected chi connectivity index (χ2v) is 9.53. The minimum atomic E-state index is -3.95. The fourth-order valence-electron chi connectivity index (χ4n) is 4.03. The number of fused-ring (bicyclic) bond motifs is 2. The van der Waals surface area contributed by atoms with E-state index in [4.69, 9.17) is 10.00 Å². The van der Waals surface area contributed by atoms with Crippen molar-refractivity contribution in [3.8, 4) is 11.8 Å². The quantitative estimate of drug-likeness (QED) is 0.684. The van der Waals surface area contributed by atoms with Crippen molar-refractivity contribution in [2.75, 3.05) is 31.6 Å². The zero-order chi connectivity index (χ0) is 22.3. The van der Waals surface area contributed by atoms with Gasteiger partial charge in [-0.1, -0.05) is 0 Å². The SMILES string of the molecule is Cc1cc(NC(=O)c2c3c(cn2C)S(=O)(=O)NC2CN(CC#N)CC2CO3)ccc1F. The molecule has 31 heavy (non-hydrogen) atoms. The van der Waals surface area contributed by atoms with Crippen LogP contribution < -0.4 is 14.8 Å². The van der Waals surface area contributed by atoms with E-state index in [1.54, 1.807) is 14.0 Å². The lowest BCUT2D eigenvalue weighted by molar-refractivity contribution is 0.101. The molecule has 4 rings (SSSR count). The number of halogens is 1. The number of anilines is 1. The number of carbonyl (C=O) groups is 1. The Labute approximate surface area is 179 Å². The predicted molar refractivity (Wildman–Crippen MR) is 110 cm³/mol. The van der Waals surface area contributed by atoms with Crippen molar-refractivity contribution in [3.05, 3.63) is 41.5 Å². The minimum Gasteiger partial charge on any atom is -0.489 e. The summed E-state index contributed by atoms with van der Waals surface area (Å²) in [6, 6.07) is 5.86. The van der Waals surface area contributed by atoms with Gasteiger partial charge in [0.2, 0.25) is 10.0 Å². The van der Waals surface area contributed by atoms with Crippen LogP contribution in [0.15, 0.2) is 29.3 Å². The van der Waals surface area contributed by atoms with Crippen molar-refractivity contribution in [1.82, 2.24) is 14.2 Å². The molecule has 9 nitrogen and oxygen atoms in total. The Balaban J connectivity index is 1.65. The molecule has 0 saturated carbocycles. The molecule has 0 aliphatic carbocycles. The molecular weight excluding hydrogens is 425 g/mol. The van der Waals surface area contributed by atoms with Crippen molar-refractivity contribution in [3.63, 3.8) is 0 Å². The van der Waals surface area contributed by atoms with Gasteiger partial charge in [-0.25, -0.2) is 17.5 Å². The number of nitrogens with zero attached hydrogens (tertiary/aromatic N) is 3. The largest absolute Gasteiger partial charge is 0.489 e. The van der Waals surface area contributed by atoms with Gasteiger partial charge in [0, 0.05) is 44.0 Å². The summed E-state index contributed by atoms with van der Waals surface area (Å²) < 4.78 is 49.5. The summed E-state index contributed by atoms with van der Waals surface area (Å²) in [4.78, 5) is 14.7. The van der Waals surface area contributed by atoms with Crippen LogP contribution in [-0.4, -0.2) is 56.1 Å². The van der Waals surface area contributed by atoms with E-state index in [0.717, 1.165) is 0 Å². The molecule has 2 aliphatic rings. The summed E-state index contributed by atoms with van der Waals surface area (Å²) in [6.07, 6.45) is 1.34. The number of nitrogens with one attached hydrogen (secondary N) is 2. The Morgan fingerprint density at radius 3 is 2.90 bits per heavy atom. The Hall–Kier alpha value is -2.94. The van der Waals surface area contributed by atoms with Crippen LogP contribution in [0.5, 0.6) is 5.75 Å². The Morgan fingerprint density at radius 2 is 2.19 bits per heavy atom. The molecule has 1 saturated heterocycles. The maximum absolute atomic E-state index is 13.5. The van der Waals surface area contributed by atoms with E-state index in [1.165, 1.54) is 29.0 Å². The van der Waals surface area contributed by atoms with Crippen LogP contribution in [0.1, 0.15) is 16.1 Å². The first kappa shape index (κ1) is 21.3. The fourth-order valence-corrected chi connectivity index (χ4v) is 5.52. The number of aryl methyl sites for hydroxylation is 2. The molecule has 2 N–H and O–H groups in total. The van der Waals surface area contributed by atoms with Gasteiger partial charge in [-0.3, -0.25) is 9.69 Å². The fraction of sp³-hybridized carbons (Fsp3) is 0.400. The predicted octanol–water partition coefficient (Wildman–Crippen LogP) is 1.22. The van der Waals surface area contributed by atoms with Crippen molar-refractivity contribution in [2.24, 2.45) is 13.0 Å². The van der Waals surface area contributed by atoms with E-state index in [0.29, 0.717) is 24.3 Å². The normalized spacial score (nSPS) is 22.4. The zero-order valence-electron chi connectivity index (χ0n) is 17.1. The first-order chi connectivity index (χ1) is 14.7. The molecule has 2 aromatic rings. The van der Waals surface area contributed by atoms with Crippen LogP contribution in [0.2, 0.25) is 0 Å². The van der Waals surface area contributed by atoms with Gasteiger partial charge in [0.15, 0.2) is 11.4 Å². The summed E-state index contributed by atoms with van der Waals surface area (Å²) in [5.41, 5.74) is 0.804. The van der Waals surface area contributed by atoms with Crippen LogP contribution in [0.4, 0.5) is 10.1 Å². The van der Waals surface area contributed by atoms with Crippen molar-refractivity contribution < 1.29 is 22.3 Å². The van der Waals surface area contributed by atoms with E-state index in [9.17, 15) is 17.6 Å². The number of hydrogen-bond donors (Lipinski definition) is 2. The van der Waals surface area contributed by atoms with Crippen molar-refractivity contribution >= 4 is 21.6 Å². The lowest BCUT2D eigenvalue weighted by Gasteiger charge is -2.24. The zero-order valence-corrected chi connectivity index (χ0v) is 17.9. The molecule has 1 aromatic heterocycles. The van der Waals surface area contributed by atoms with Crippen LogP contribution in [-0.2, 0) is 17.1 Å². The molecule has 0 spiro atoms. The minimum absolute atomic E-state index is 0.0245. The first-order valence-corrected chi connectivity index (χ1v) is 11.2. The molecule has 1 aromatic carbocycles. The third-order valence-electron chi connectivity index (χ3n) is 5.58. The highest BCUT2D eigenvalue weighted by Gasteiger charge is 2.40. The number of ether oxygens (including phenoxy) is 1. The molecule has 3 heterocycles. The van der Waals surface area contributed by atoms with Gasteiger partial charge in [-0.2, -0.15) is 5.26 Å². The number of nitriles is 1. The number of carbonyl (C=O) groups excluding carboxylic acids is 1. The van der Waals surface area contributed by atoms with Crippen LogP contribution >= 0.6 is 0 Å². The molecule has 0 radical (unpaired) electrons. The van der Waals surface area contributed by atoms with E-state index < -0.39 is 15.9 Å². The molecule has 1 fully saturated rings. The molecular formula is C20H22FN5O4S. The maximum atomic E-state index is 13.5. The molecule has 164 valence electrons. The highest BCUT2D eigenvalue weighted by atomic mass is 32.2. The summed E-state index contributed by atoms with van der Waals surface area (Å²) in [6.45, 7) is 2.91. The first-order valence-electron chi connectivity index (χ1n) is 9.71. The summed E-state index contributed by atoms with van der Waals surface area (Å²) in [5.74, 6) is -1.14. The van der Waals surface area contributed by atoms with E-state index >= 15 is 0 Å². The van der Waals surface area contributed by atoms with Gasteiger partial charge in [0.1, 0.15) is 10.7 Å². The number of benzene rings is 1. The average molecular weight is 447 g/mol. The number of amides is 1. The Kier molecular flexibility index (Phi) is 5.47. The van der Waals surface area contributed by atoms with Gasteiger partial charge in [0.05, 0.1) is 19.2 Å². The number of rotatable bonds is 3. The smallest absolute Gasteiger partial charge is 0.276 e. The van der Waals surface area contributed by atoms with Gasteiger partial charge >= 0.3 is 0 Å². The lowest BCUT2D eigenvalue weighted by Crippen LogP contribution is -2.43.